The van der Waals surface area contributed by atoms with E-state index in [1.165, 1.54) is 0 Å². The van der Waals surface area contributed by atoms with Gasteiger partial charge in [-0.25, -0.2) is 0 Å². The van der Waals surface area contributed by atoms with E-state index >= 15 is 0 Å². The van der Waals surface area contributed by atoms with E-state index in [1.807, 2.05) is 18.2 Å². The van der Waals surface area contributed by atoms with Gasteiger partial charge in [0.2, 0.25) is 0 Å². The fraction of sp³-hybridized carbons (Fsp3) is 0.0667. The molecule has 0 atom stereocenters. The highest BCUT2D eigenvalue weighted by molar-refractivity contribution is 9.10. The van der Waals surface area contributed by atoms with Gasteiger partial charge < -0.3 is 4.42 Å². The molecule has 0 radical (unpaired) electrons. The van der Waals surface area contributed by atoms with Gasteiger partial charge in [0.15, 0.2) is 4.67 Å². The van der Waals surface area contributed by atoms with Crippen molar-refractivity contribution in [1.82, 2.24) is 0 Å². The first-order valence-electron chi connectivity index (χ1n) is 5.62. The highest BCUT2D eigenvalue weighted by atomic mass is 79.9. The average molecular weight is 366 g/mol. The summed E-state index contributed by atoms with van der Waals surface area (Å²) in [6, 6.07) is 16.5. The lowest BCUT2D eigenvalue weighted by atomic mass is 10.0. The van der Waals surface area contributed by atoms with Gasteiger partial charge in [-0.1, -0.05) is 64.5 Å². The summed E-state index contributed by atoms with van der Waals surface area (Å²) in [6.45, 7) is 0. The van der Waals surface area contributed by atoms with E-state index in [9.17, 15) is 0 Å². The summed E-state index contributed by atoms with van der Waals surface area (Å²) in [5.74, 6) is 0. The van der Waals surface area contributed by atoms with Crippen LogP contribution in [0.25, 0.3) is 22.1 Å². The molecule has 0 amide bonds. The van der Waals surface area contributed by atoms with Gasteiger partial charge in [-0.05, 0) is 21.5 Å². The van der Waals surface area contributed by atoms with E-state index < -0.39 is 0 Å². The van der Waals surface area contributed by atoms with E-state index in [0.29, 0.717) is 0 Å². The molecule has 0 aliphatic heterocycles. The number of furan rings is 1. The molecular formula is C15H10Br2O. The molecule has 1 nitrogen and oxygen atoms in total. The zero-order valence-corrected chi connectivity index (χ0v) is 12.7. The van der Waals surface area contributed by atoms with Crippen molar-refractivity contribution in [2.75, 3.05) is 0 Å². The molecule has 90 valence electrons. The third-order valence-electron chi connectivity index (χ3n) is 2.96. The molecule has 1 aromatic heterocycles. The summed E-state index contributed by atoms with van der Waals surface area (Å²) in [7, 11) is 0. The predicted molar refractivity (Wildman–Crippen MR) is 82.0 cm³/mol. The van der Waals surface area contributed by atoms with Gasteiger partial charge in [-0.15, -0.1) is 0 Å². The van der Waals surface area contributed by atoms with Crippen molar-refractivity contribution in [3.8, 4) is 11.1 Å². The van der Waals surface area contributed by atoms with Crippen LogP contribution in [0.15, 0.2) is 57.6 Å². The fourth-order valence-corrected chi connectivity index (χ4v) is 3.17. The Morgan fingerprint density at radius 2 is 1.72 bits per heavy atom. The van der Waals surface area contributed by atoms with Crippen LogP contribution in [0, 0.1) is 0 Å². The maximum absolute atomic E-state index is 5.86. The minimum absolute atomic E-state index is 0.789. The van der Waals surface area contributed by atoms with Crippen LogP contribution in [0.2, 0.25) is 0 Å². The molecule has 1 heterocycles. The minimum Gasteiger partial charge on any atom is -0.448 e. The lowest BCUT2D eigenvalue weighted by Crippen LogP contribution is -1.79. The van der Waals surface area contributed by atoms with Gasteiger partial charge in [-0.3, -0.25) is 0 Å². The largest absolute Gasteiger partial charge is 0.448 e. The number of fused-ring (bicyclic) bond motifs is 1. The van der Waals surface area contributed by atoms with Crippen molar-refractivity contribution in [2.24, 2.45) is 0 Å². The van der Waals surface area contributed by atoms with Crippen LogP contribution in [0.4, 0.5) is 0 Å². The molecule has 0 fully saturated rings. The minimum atomic E-state index is 0.789. The fourth-order valence-electron chi connectivity index (χ4n) is 2.13. The quantitative estimate of drug-likeness (QED) is 0.526. The number of hydrogen-bond acceptors (Lipinski definition) is 1. The first kappa shape index (κ1) is 12.0. The van der Waals surface area contributed by atoms with Crippen molar-refractivity contribution in [1.29, 1.82) is 0 Å². The Morgan fingerprint density at radius 3 is 2.44 bits per heavy atom. The van der Waals surface area contributed by atoms with E-state index in [-0.39, 0.29) is 0 Å². The topological polar surface area (TPSA) is 13.1 Å². The second-order valence-corrected chi connectivity index (χ2v) is 5.33. The molecule has 0 saturated heterocycles. The van der Waals surface area contributed by atoms with E-state index in [1.54, 1.807) is 0 Å². The Morgan fingerprint density at radius 1 is 0.944 bits per heavy atom. The molecule has 0 bridgehead atoms. The van der Waals surface area contributed by atoms with Gasteiger partial charge in [0, 0.05) is 21.8 Å². The molecule has 2 aromatic carbocycles. The summed E-state index contributed by atoms with van der Waals surface area (Å²) < 4.78 is 6.65. The Hall–Kier alpha value is -1.06. The maximum atomic E-state index is 5.86. The van der Waals surface area contributed by atoms with Crippen LogP contribution in [0.1, 0.15) is 5.56 Å². The van der Waals surface area contributed by atoms with Crippen molar-refractivity contribution in [2.45, 2.75) is 5.33 Å². The summed E-state index contributed by atoms with van der Waals surface area (Å²) >= 11 is 7.02. The van der Waals surface area contributed by atoms with Crippen molar-refractivity contribution in [3.05, 3.63) is 58.8 Å². The van der Waals surface area contributed by atoms with Gasteiger partial charge >= 0.3 is 0 Å². The summed E-state index contributed by atoms with van der Waals surface area (Å²) in [4.78, 5) is 0. The smallest absolute Gasteiger partial charge is 0.178 e. The molecule has 3 aromatic rings. The Kier molecular flexibility index (Phi) is 3.27. The molecule has 0 spiro atoms. The van der Waals surface area contributed by atoms with Crippen LogP contribution in [-0.4, -0.2) is 0 Å². The lowest BCUT2D eigenvalue weighted by molar-refractivity contribution is 0.586. The van der Waals surface area contributed by atoms with Crippen molar-refractivity contribution in [3.63, 3.8) is 0 Å². The average Bonchev–Trinajstić information content (AvgIpc) is 2.75. The van der Waals surface area contributed by atoms with Crippen molar-refractivity contribution < 1.29 is 4.42 Å². The molecule has 0 saturated carbocycles. The molecule has 0 aliphatic rings. The Balaban J connectivity index is 2.34. The van der Waals surface area contributed by atoms with Gasteiger partial charge in [-0.2, -0.15) is 0 Å². The maximum Gasteiger partial charge on any atom is 0.178 e. The standard InChI is InChI=1S/C15H10Br2O/c16-9-11-7-4-8-12-13(15(17)18-14(11)12)10-5-2-1-3-6-10/h1-8H,9H2. The third-order valence-corrected chi connectivity index (χ3v) is 4.12. The normalized spacial score (nSPS) is 11.0. The van der Waals surface area contributed by atoms with Crippen LogP contribution in [-0.2, 0) is 5.33 Å². The van der Waals surface area contributed by atoms with Gasteiger partial charge in [0.1, 0.15) is 5.58 Å². The number of benzene rings is 2. The van der Waals surface area contributed by atoms with Gasteiger partial charge in [0.25, 0.3) is 0 Å². The number of halogens is 2. The second-order valence-electron chi connectivity index (χ2n) is 4.04. The monoisotopic (exact) mass is 364 g/mol. The number of rotatable bonds is 2. The second kappa shape index (κ2) is 4.90. The summed E-state index contributed by atoms with van der Waals surface area (Å²) in [5.41, 5.74) is 4.39. The first-order valence-corrected chi connectivity index (χ1v) is 7.54. The first-order chi connectivity index (χ1) is 8.81. The van der Waals surface area contributed by atoms with E-state index in [4.69, 9.17) is 4.42 Å². The van der Waals surface area contributed by atoms with Crippen LogP contribution >= 0.6 is 31.9 Å². The molecular weight excluding hydrogens is 356 g/mol. The van der Waals surface area contributed by atoms with Crippen LogP contribution in [0.3, 0.4) is 0 Å². The highest BCUT2D eigenvalue weighted by Gasteiger charge is 2.15. The highest BCUT2D eigenvalue weighted by Crippen LogP contribution is 2.39. The number of para-hydroxylation sites is 1. The zero-order valence-electron chi connectivity index (χ0n) is 9.49. The Bertz CT molecular complexity index is 686. The van der Waals surface area contributed by atoms with E-state index in [2.05, 4.69) is 62.2 Å². The van der Waals surface area contributed by atoms with Crippen LogP contribution in [0.5, 0.6) is 0 Å². The van der Waals surface area contributed by atoms with Crippen molar-refractivity contribution >= 4 is 42.8 Å². The number of alkyl halides is 1. The predicted octanol–water partition coefficient (Wildman–Crippen LogP) is 5.76. The molecule has 0 aliphatic carbocycles. The molecule has 3 heteroatoms. The zero-order chi connectivity index (χ0) is 12.5. The summed E-state index contributed by atoms with van der Waals surface area (Å²) in [6.07, 6.45) is 0. The number of hydrogen-bond donors (Lipinski definition) is 0. The molecule has 18 heavy (non-hydrogen) atoms. The lowest BCUT2D eigenvalue weighted by Gasteiger charge is -1.99. The molecule has 3 rings (SSSR count). The SMILES string of the molecule is BrCc1cccc2c(-c3ccccc3)c(Br)oc12. The molecule has 0 N–H and O–H groups in total. The molecule has 0 unspecified atom stereocenters. The van der Waals surface area contributed by atoms with Crippen LogP contribution < -0.4 is 0 Å². The van der Waals surface area contributed by atoms with Gasteiger partial charge in [0.05, 0.1) is 0 Å². The third kappa shape index (κ3) is 1.91. The van der Waals surface area contributed by atoms with E-state index in [0.717, 1.165) is 37.7 Å². The summed E-state index contributed by atoms with van der Waals surface area (Å²) in [5, 5.41) is 1.93. The Labute approximate surface area is 122 Å².